The van der Waals surface area contributed by atoms with Gasteiger partial charge >= 0.3 is 0 Å². The number of halogens is 1. The van der Waals surface area contributed by atoms with Gasteiger partial charge in [0.25, 0.3) is 5.91 Å². The number of benzene rings is 2. The molecule has 2 aromatic rings. The molecule has 0 aliphatic carbocycles. The fourth-order valence-corrected chi connectivity index (χ4v) is 3.64. The maximum absolute atomic E-state index is 12.7. The summed E-state index contributed by atoms with van der Waals surface area (Å²) in [7, 11) is 0. The van der Waals surface area contributed by atoms with E-state index in [1.807, 2.05) is 41.3 Å². The van der Waals surface area contributed by atoms with Gasteiger partial charge in [-0.1, -0.05) is 18.2 Å². The first-order valence-electron chi connectivity index (χ1n) is 7.66. The predicted octanol–water partition coefficient (Wildman–Crippen LogP) is 3.81. The minimum absolute atomic E-state index is 0.0840. The monoisotopic (exact) mass is 373 g/mol. The van der Waals surface area contributed by atoms with Crippen molar-refractivity contribution in [3.8, 4) is 11.5 Å². The summed E-state index contributed by atoms with van der Waals surface area (Å²) in [5.41, 5.74) is 1.93. The molecule has 5 heteroatoms. The number of hydrogen-bond acceptors (Lipinski definition) is 3. The van der Waals surface area contributed by atoms with E-state index in [9.17, 15) is 4.79 Å². The second kappa shape index (κ2) is 5.89. The maximum Gasteiger partial charge on any atom is 0.255 e. The highest BCUT2D eigenvalue weighted by atomic mass is 79.9. The van der Waals surface area contributed by atoms with E-state index in [2.05, 4.69) is 22.0 Å². The molecule has 118 valence electrons. The van der Waals surface area contributed by atoms with E-state index in [0.717, 1.165) is 41.0 Å². The molecular weight excluding hydrogens is 358 g/mol. The Morgan fingerprint density at radius 2 is 1.96 bits per heavy atom. The number of ether oxygens (including phenoxy) is 2. The molecule has 0 radical (unpaired) electrons. The smallest absolute Gasteiger partial charge is 0.255 e. The van der Waals surface area contributed by atoms with Crippen LogP contribution in [0.25, 0.3) is 0 Å². The van der Waals surface area contributed by atoms with Gasteiger partial charge in [0, 0.05) is 23.5 Å². The molecule has 1 atom stereocenters. The van der Waals surface area contributed by atoms with Crippen LogP contribution in [0.4, 0.5) is 0 Å². The van der Waals surface area contributed by atoms with Gasteiger partial charge in [-0.15, -0.1) is 0 Å². The lowest BCUT2D eigenvalue weighted by atomic mass is 9.98. The summed E-state index contributed by atoms with van der Waals surface area (Å²) in [5, 5.41) is 0. The molecule has 1 amide bonds. The SMILES string of the molecule is O=C(c1ccccc1Br)N1CCC(c2ccc3c(c2)OCO3)C1. The molecule has 23 heavy (non-hydrogen) atoms. The average Bonchev–Trinajstić information content (AvgIpc) is 3.23. The Balaban J connectivity index is 1.51. The molecule has 0 bridgehead atoms. The molecule has 0 N–H and O–H groups in total. The highest BCUT2D eigenvalue weighted by molar-refractivity contribution is 9.10. The Kier molecular flexibility index (Phi) is 3.73. The third-order valence-corrected chi connectivity index (χ3v) is 5.14. The minimum atomic E-state index is 0.0840. The molecule has 0 saturated carbocycles. The molecule has 2 heterocycles. The summed E-state index contributed by atoms with van der Waals surface area (Å²) in [5.74, 6) is 2.03. The van der Waals surface area contributed by atoms with Crippen LogP contribution in [0.1, 0.15) is 28.3 Å². The lowest BCUT2D eigenvalue weighted by molar-refractivity contribution is 0.0790. The summed E-state index contributed by atoms with van der Waals surface area (Å²) in [6, 6.07) is 13.6. The number of nitrogens with zero attached hydrogens (tertiary/aromatic N) is 1. The second-order valence-corrected chi connectivity index (χ2v) is 6.68. The van der Waals surface area contributed by atoms with Crippen molar-refractivity contribution >= 4 is 21.8 Å². The number of fused-ring (bicyclic) bond motifs is 1. The molecule has 4 nitrogen and oxygen atoms in total. The highest BCUT2D eigenvalue weighted by Crippen LogP contribution is 2.37. The third-order valence-electron chi connectivity index (χ3n) is 4.45. The zero-order chi connectivity index (χ0) is 15.8. The third kappa shape index (κ3) is 2.70. The molecule has 1 fully saturated rings. The molecule has 4 rings (SSSR count). The topological polar surface area (TPSA) is 38.8 Å². The molecular formula is C18H16BrNO3. The largest absolute Gasteiger partial charge is 0.454 e. The first-order valence-corrected chi connectivity index (χ1v) is 8.45. The van der Waals surface area contributed by atoms with Crippen LogP contribution in [0, 0.1) is 0 Å². The van der Waals surface area contributed by atoms with Gasteiger partial charge in [0.15, 0.2) is 11.5 Å². The van der Waals surface area contributed by atoms with Crippen LogP contribution in [0.5, 0.6) is 11.5 Å². The molecule has 1 saturated heterocycles. The van der Waals surface area contributed by atoms with Crippen LogP contribution in [0.3, 0.4) is 0 Å². The van der Waals surface area contributed by atoms with Crippen LogP contribution in [-0.2, 0) is 0 Å². The first-order chi connectivity index (χ1) is 11.2. The lowest BCUT2D eigenvalue weighted by Crippen LogP contribution is -2.28. The van der Waals surface area contributed by atoms with E-state index < -0.39 is 0 Å². The number of carbonyl (C=O) groups excluding carboxylic acids is 1. The van der Waals surface area contributed by atoms with Gasteiger partial charge < -0.3 is 14.4 Å². The van der Waals surface area contributed by atoms with Crippen molar-refractivity contribution in [3.05, 3.63) is 58.1 Å². The summed E-state index contributed by atoms with van der Waals surface area (Å²) in [4.78, 5) is 14.6. The molecule has 2 aliphatic heterocycles. The molecule has 1 unspecified atom stereocenters. The number of likely N-dealkylation sites (tertiary alicyclic amines) is 1. The number of rotatable bonds is 2. The van der Waals surface area contributed by atoms with Crippen LogP contribution in [-0.4, -0.2) is 30.7 Å². The Morgan fingerprint density at radius 1 is 1.13 bits per heavy atom. The van der Waals surface area contributed by atoms with Crippen molar-refractivity contribution in [2.45, 2.75) is 12.3 Å². The summed E-state index contributed by atoms with van der Waals surface area (Å²) >= 11 is 3.46. The van der Waals surface area contributed by atoms with Crippen LogP contribution >= 0.6 is 15.9 Å². The standard InChI is InChI=1S/C18H16BrNO3/c19-15-4-2-1-3-14(15)18(21)20-8-7-13(10-20)12-5-6-16-17(9-12)23-11-22-16/h1-6,9,13H,7-8,10-11H2. The van der Waals surface area contributed by atoms with Crippen molar-refractivity contribution in [1.82, 2.24) is 4.90 Å². The van der Waals surface area contributed by atoms with Gasteiger partial charge in [0.1, 0.15) is 0 Å². The predicted molar refractivity (Wildman–Crippen MR) is 90.0 cm³/mol. The fraction of sp³-hybridized carbons (Fsp3) is 0.278. The lowest BCUT2D eigenvalue weighted by Gasteiger charge is -2.17. The van der Waals surface area contributed by atoms with E-state index in [0.29, 0.717) is 5.92 Å². The summed E-state index contributed by atoms with van der Waals surface area (Å²) in [6.45, 7) is 1.80. The molecule has 0 spiro atoms. The van der Waals surface area contributed by atoms with E-state index in [4.69, 9.17) is 9.47 Å². The van der Waals surface area contributed by atoms with Gasteiger partial charge in [-0.2, -0.15) is 0 Å². The average molecular weight is 374 g/mol. The van der Waals surface area contributed by atoms with Crippen molar-refractivity contribution in [2.24, 2.45) is 0 Å². The van der Waals surface area contributed by atoms with Crippen LogP contribution in [0.15, 0.2) is 46.9 Å². The summed E-state index contributed by atoms with van der Waals surface area (Å²) in [6.07, 6.45) is 0.968. The summed E-state index contributed by atoms with van der Waals surface area (Å²) < 4.78 is 11.6. The van der Waals surface area contributed by atoms with Crippen molar-refractivity contribution < 1.29 is 14.3 Å². The van der Waals surface area contributed by atoms with E-state index in [1.54, 1.807) is 0 Å². The minimum Gasteiger partial charge on any atom is -0.454 e. The zero-order valence-electron chi connectivity index (χ0n) is 12.5. The molecule has 2 aromatic carbocycles. The van der Waals surface area contributed by atoms with Gasteiger partial charge in [0.05, 0.1) is 5.56 Å². The molecule has 0 aromatic heterocycles. The Bertz CT molecular complexity index is 762. The van der Waals surface area contributed by atoms with E-state index >= 15 is 0 Å². The first kappa shape index (κ1) is 14.6. The molecule has 2 aliphatic rings. The van der Waals surface area contributed by atoms with Gasteiger partial charge in [-0.3, -0.25) is 4.79 Å². The Labute approximate surface area is 143 Å². The Hall–Kier alpha value is -2.01. The van der Waals surface area contributed by atoms with E-state index in [-0.39, 0.29) is 12.7 Å². The fourth-order valence-electron chi connectivity index (χ4n) is 3.19. The van der Waals surface area contributed by atoms with Crippen LogP contribution < -0.4 is 9.47 Å². The zero-order valence-corrected chi connectivity index (χ0v) is 14.1. The highest BCUT2D eigenvalue weighted by Gasteiger charge is 2.29. The van der Waals surface area contributed by atoms with Gasteiger partial charge in [-0.05, 0) is 52.2 Å². The van der Waals surface area contributed by atoms with E-state index in [1.165, 1.54) is 5.56 Å². The van der Waals surface area contributed by atoms with Gasteiger partial charge in [0.2, 0.25) is 6.79 Å². The van der Waals surface area contributed by atoms with Crippen molar-refractivity contribution in [3.63, 3.8) is 0 Å². The quantitative estimate of drug-likeness (QED) is 0.803. The van der Waals surface area contributed by atoms with Gasteiger partial charge in [-0.25, -0.2) is 0 Å². The van der Waals surface area contributed by atoms with Crippen molar-refractivity contribution in [1.29, 1.82) is 0 Å². The number of amides is 1. The second-order valence-electron chi connectivity index (χ2n) is 5.83. The van der Waals surface area contributed by atoms with Crippen LogP contribution in [0.2, 0.25) is 0 Å². The van der Waals surface area contributed by atoms with Crippen molar-refractivity contribution in [2.75, 3.05) is 19.9 Å². The maximum atomic E-state index is 12.7. The number of hydrogen-bond donors (Lipinski definition) is 0. The Morgan fingerprint density at radius 3 is 2.83 bits per heavy atom. The normalized spacial score (nSPS) is 19.2. The number of carbonyl (C=O) groups is 1.